The Morgan fingerprint density at radius 3 is 2.88 bits per heavy atom. The molecule has 1 aliphatic heterocycles. The highest BCUT2D eigenvalue weighted by atomic mass is 35.5. The lowest BCUT2D eigenvalue weighted by Crippen LogP contribution is -2.51. The molecule has 5 nitrogen and oxygen atoms in total. The van der Waals surface area contributed by atoms with E-state index in [2.05, 4.69) is 28.8 Å². The Morgan fingerprint density at radius 1 is 1.19 bits per heavy atom. The molecule has 26 heavy (non-hydrogen) atoms. The van der Waals surface area contributed by atoms with E-state index in [1.807, 2.05) is 29.1 Å². The van der Waals surface area contributed by atoms with Gasteiger partial charge in [-0.1, -0.05) is 24.6 Å². The van der Waals surface area contributed by atoms with Crippen molar-refractivity contribution in [3.8, 4) is 5.69 Å². The van der Waals surface area contributed by atoms with Crippen molar-refractivity contribution in [1.82, 2.24) is 20.4 Å². The maximum absolute atomic E-state index is 5.66. The van der Waals surface area contributed by atoms with Crippen molar-refractivity contribution in [2.24, 2.45) is 5.92 Å². The molecule has 3 atom stereocenters. The fraction of sp³-hybridized carbons (Fsp3) is 0.550. The lowest BCUT2D eigenvalue weighted by molar-refractivity contribution is 0.0526. The van der Waals surface area contributed by atoms with Crippen molar-refractivity contribution in [3.63, 3.8) is 0 Å². The molecule has 3 unspecified atom stereocenters. The Bertz CT molecular complexity index is 657. The van der Waals surface area contributed by atoms with E-state index in [4.69, 9.17) is 9.84 Å². The van der Waals surface area contributed by atoms with Crippen LogP contribution in [-0.2, 0) is 11.2 Å². The van der Waals surface area contributed by atoms with Crippen LogP contribution < -0.4 is 10.6 Å². The van der Waals surface area contributed by atoms with Gasteiger partial charge in [0.1, 0.15) is 0 Å². The molecule has 4 rings (SSSR count). The van der Waals surface area contributed by atoms with Crippen molar-refractivity contribution in [1.29, 1.82) is 0 Å². The second-order valence-corrected chi connectivity index (χ2v) is 7.13. The van der Waals surface area contributed by atoms with Crippen LogP contribution in [0.25, 0.3) is 5.69 Å². The van der Waals surface area contributed by atoms with Crippen LogP contribution in [0.5, 0.6) is 0 Å². The summed E-state index contributed by atoms with van der Waals surface area (Å²) in [6.45, 7) is 3.70. The van der Waals surface area contributed by atoms with Gasteiger partial charge in [0.05, 0.1) is 24.6 Å². The summed E-state index contributed by atoms with van der Waals surface area (Å²) in [6.07, 6.45) is 6.93. The molecule has 1 aromatic carbocycles. The van der Waals surface area contributed by atoms with Crippen molar-refractivity contribution in [2.75, 3.05) is 26.3 Å². The van der Waals surface area contributed by atoms with Gasteiger partial charge in [0.15, 0.2) is 0 Å². The molecule has 0 amide bonds. The minimum Gasteiger partial charge on any atom is -0.379 e. The van der Waals surface area contributed by atoms with Crippen molar-refractivity contribution < 1.29 is 4.74 Å². The van der Waals surface area contributed by atoms with Gasteiger partial charge in [-0.15, -0.1) is 12.4 Å². The van der Waals surface area contributed by atoms with E-state index in [1.54, 1.807) is 0 Å². The summed E-state index contributed by atoms with van der Waals surface area (Å²) in [4.78, 5) is 0. The molecule has 0 spiro atoms. The van der Waals surface area contributed by atoms with Gasteiger partial charge >= 0.3 is 0 Å². The normalized spacial score (nSPS) is 25.8. The van der Waals surface area contributed by atoms with E-state index in [9.17, 15) is 0 Å². The van der Waals surface area contributed by atoms with Gasteiger partial charge in [-0.25, -0.2) is 4.68 Å². The number of nitrogens with zero attached hydrogens (tertiary/aromatic N) is 2. The molecular weight excluding hydrogens is 348 g/mol. The van der Waals surface area contributed by atoms with Crippen LogP contribution in [0.3, 0.4) is 0 Å². The van der Waals surface area contributed by atoms with Gasteiger partial charge in [0.25, 0.3) is 0 Å². The monoisotopic (exact) mass is 376 g/mol. The summed E-state index contributed by atoms with van der Waals surface area (Å²) < 4.78 is 7.61. The van der Waals surface area contributed by atoms with Crippen LogP contribution in [0.15, 0.2) is 42.6 Å². The first kappa shape index (κ1) is 19.4. The number of nitrogens with one attached hydrogen (secondary N) is 2. The zero-order chi connectivity index (χ0) is 16.9. The summed E-state index contributed by atoms with van der Waals surface area (Å²) in [7, 11) is 0. The van der Waals surface area contributed by atoms with Crippen molar-refractivity contribution >= 4 is 12.4 Å². The number of hydrogen-bond acceptors (Lipinski definition) is 4. The third kappa shape index (κ3) is 4.65. The first-order valence-electron chi connectivity index (χ1n) is 9.54. The minimum absolute atomic E-state index is 0. The Hall–Kier alpha value is -1.40. The summed E-state index contributed by atoms with van der Waals surface area (Å²) >= 11 is 0. The van der Waals surface area contributed by atoms with Gasteiger partial charge in [-0.2, -0.15) is 5.10 Å². The van der Waals surface area contributed by atoms with E-state index in [0.29, 0.717) is 18.0 Å². The van der Waals surface area contributed by atoms with Crippen LogP contribution in [0.1, 0.15) is 25.0 Å². The second-order valence-electron chi connectivity index (χ2n) is 7.13. The smallest absolute Gasteiger partial charge is 0.0645 e. The Labute approximate surface area is 161 Å². The topological polar surface area (TPSA) is 51.1 Å². The number of hydrogen-bond donors (Lipinski definition) is 2. The number of rotatable bonds is 6. The molecule has 1 aliphatic carbocycles. The SMILES string of the molecule is Cl.c1ccc(-n2ccc(CCNC3CCCC3C3COCCN3)n2)cc1. The number of halogens is 1. The van der Waals surface area contributed by atoms with Gasteiger partial charge < -0.3 is 15.4 Å². The van der Waals surface area contributed by atoms with E-state index >= 15 is 0 Å². The number of benzene rings is 1. The Kier molecular flexibility index (Phi) is 7.08. The third-order valence-electron chi connectivity index (χ3n) is 5.49. The van der Waals surface area contributed by atoms with Crippen LogP contribution >= 0.6 is 12.4 Å². The highest BCUT2D eigenvalue weighted by Gasteiger charge is 2.34. The standard InChI is InChI=1S/C20H28N4O.ClH/c1-2-5-17(6-3-1)24-13-10-16(23-24)9-11-21-19-8-4-7-18(19)20-15-25-14-12-22-20;/h1-3,5-6,10,13,18-22H,4,7-9,11-12,14-15H2;1H. The summed E-state index contributed by atoms with van der Waals surface area (Å²) in [6, 6.07) is 13.5. The molecule has 0 radical (unpaired) electrons. The summed E-state index contributed by atoms with van der Waals surface area (Å²) in [5.74, 6) is 0.696. The fourth-order valence-electron chi connectivity index (χ4n) is 4.19. The van der Waals surface area contributed by atoms with Crippen LogP contribution in [-0.4, -0.2) is 48.2 Å². The summed E-state index contributed by atoms with van der Waals surface area (Å²) in [5.41, 5.74) is 2.26. The highest BCUT2D eigenvalue weighted by Crippen LogP contribution is 2.29. The van der Waals surface area contributed by atoms with Crippen LogP contribution in [0.4, 0.5) is 0 Å². The molecule has 1 aromatic heterocycles. The molecule has 0 bridgehead atoms. The average molecular weight is 377 g/mol. The quantitative estimate of drug-likeness (QED) is 0.813. The lowest BCUT2D eigenvalue weighted by atomic mass is 9.94. The molecule has 2 aromatic rings. The van der Waals surface area contributed by atoms with Crippen LogP contribution in [0.2, 0.25) is 0 Å². The zero-order valence-electron chi connectivity index (χ0n) is 15.1. The molecule has 2 heterocycles. The Morgan fingerprint density at radius 2 is 2.08 bits per heavy atom. The predicted octanol–water partition coefficient (Wildman–Crippen LogP) is 2.58. The first-order chi connectivity index (χ1) is 12.4. The van der Waals surface area contributed by atoms with Gasteiger partial charge in [0.2, 0.25) is 0 Å². The number of para-hydroxylation sites is 1. The molecule has 1 saturated carbocycles. The number of morpholine rings is 1. The first-order valence-corrected chi connectivity index (χ1v) is 9.54. The summed E-state index contributed by atoms with van der Waals surface area (Å²) in [5, 5.41) is 12.1. The molecule has 2 fully saturated rings. The molecule has 6 heteroatoms. The third-order valence-corrected chi connectivity index (χ3v) is 5.49. The Balaban J connectivity index is 0.00000196. The number of ether oxygens (including phenoxy) is 1. The predicted molar refractivity (Wildman–Crippen MR) is 106 cm³/mol. The minimum atomic E-state index is 0. The number of aromatic nitrogens is 2. The van der Waals surface area contributed by atoms with Crippen molar-refractivity contribution in [2.45, 2.75) is 37.8 Å². The maximum atomic E-state index is 5.66. The van der Waals surface area contributed by atoms with Gasteiger partial charge in [-0.05, 0) is 37.0 Å². The molecule has 142 valence electrons. The van der Waals surface area contributed by atoms with E-state index in [-0.39, 0.29) is 12.4 Å². The van der Waals surface area contributed by atoms with Crippen LogP contribution in [0, 0.1) is 5.92 Å². The second kappa shape index (κ2) is 9.51. The highest BCUT2D eigenvalue weighted by molar-refractivity contribution is 5.85. The lowest BCUT2D eigenvalue weighted by Gasteiger charge is -2.33. The zero-order valence-corrected chi connectivity index (χ0v) is 16.0. The van der Waals surface area contributed by atoms with Gasteiger partial charge in [0, 0.05) is 37.8 Å². The van der Waals surface area contributed by atoms with E-state index in [0.717, 1.165) is 44.1 Å². The average Bonchev–Trinajstić information content (AvgIpc) is 3.33. The largest absolute Gasteiger partial charge is 0.379 e. The molecule has 2 aliphatic rings. The van der Waals surface area contributed by atoms with E-state index in [1.165, 1.54) is 19.3 Å². The molecule has 1 saturated heterocycles. The van der Waals surface area contributed by atoms with E-state index < -0.39 is 0 Å². The van der Waals surface area contributed by atoms with Gasteiger partial charge in [-0.3, -0.25) is 0 Å². The fourth-order valence-corrected chi connectivity index (χ4v) is 4.19. The molecule has 2 N–H and O–H groups in total. The maximum Gasteiger partial charge on any atom is 0.0645 e. The van der Waals surface area contributed by atoms with Crippen molar-refractivity contribution in [3.05, 3.63) is 48.3 Å². The molecular formula is C20H29ClN4O.